The number of halogens is 1. The maximum atomic E-state index is 12.7. The molecule has 0 fully saturated rings. The zero-order chi connectivity index (χ0) is 21.3. The number of amides is 1. The Bertz CT molecular complexity index is 1230. The normalized spacial score (nSPS) is 11.1. The van der Waals surface area contributed by atoms with Gasteiger partial charge < -0.3 is 14.5 Å². The summed E-state index contributed by atoms with van der Waals surface area (Å²) in [7, 11) is 1.55. The predicted molar refractivity (Wildman–Crippen MR) is 119 cm³/mol. The summed E-state index contributed by atoms with van der Waals surface area (Å²) in [6.45, 7) is 4.28. The first kappa shape index (κ1) is 20.0. The third-order valence-electron chi connectivity index (χ3n) is 4.86. The van der Waals surface area contributed by atoms with Crippen LogP contribution < -0.4 is 10.1 Å². The van der Waals surface area contributed by atoms with E-state index in [1.54, 1.807) is 43.5 Å². The minimum atomic E-state index is -0.285. The number of methoxy groups -OCH3 is 1. The van der Waals surface area contributed by atoms with Crippen LogP contribution in [-0.4, -0.2) is 18.0 Å². The molecule has 5 nitrogen and oxygen atoms in total. The van der Waals surface area contributed by atoms with E-state index in [0.717, 1.165) is 16.7 Å². The average Bonchev–Trinajstić information content (AvgIpc) is 3.17. The Kier molecular flexibility index (Phi) is 5.46. The van der Waals surface area contributed by atoms with Gasteiger partial charge in [-0.3, -0.25) is 4.79 Å². The molecule has 6 heteroatoms. The number of rotatable bonds is 5. The first-order valence-electron chi connectivity index (χ1n) is 9.60. The summed E-state index contributed by atoms with van der Waals surface area (Å²) >= 11 is 6.00. The van der Waals surface area contributed by atoms with Crippen molar-refractivity contribution in [1.29, 1.82) is 0 Å². The second-order valence-electron chi connectivity index (χ2n) is 7.28. The van der Waals surface area contributed by atoms with E-state index in [-0.39, 0.29) is 5.91 Å². The number of nitrogens with one attached hydrogen (secondary N) is 1. The topological polar surface area (TPSA) is 64.4 Å². The quantitative estimate of drug-likeness (QED) is 0.398. The molecule has 30 heavy (non-hydrogen) atoms. The maximum Gasteiger partial charge on any atom is 0.255 e. The van der Waals surface area contributed by atoms with E-state index >= 15 is 0 Å². The SMILES string of the molecule is COc1ccc(-c2nc3cc(C(C)C)ccc3o2)cc1NC(=O)c1cccc(Cl)c1. The van der Waals surface area contributed by atoms with Crippen LogP contribution >= 0.6 is 11.6 Å². The van der Waals surface area contributed by atoms with Crippen molar-refractivity contribution < 1.29 is 13.9 Å². The smallest absolute Gasteiger partial charge is 0.255 e. The van der Waals surface area contributed by atoms with E-state index in [2.05, 4.69) is 24.1 Å². The molecule has 0 unspecified atom stereocenters. The third-order valence-corrected chi connectivity index (χ3v) is 5.09. The van der Waals surface area contributed by atoms with Gasteiger partial charge in [0.05, 0.1) is 12.8 Å². The van der Waals surface area contributed by atoms with Gasteiger partial charge in [-0.05, 0) is 60.0 Å². The molecule has 4 rings (SSSR count). The van der Waals surface area contributed by atoms with E-state index in [0.29, 0.717) is 33.8 Å². The van der Waals surface area contributed by atoms with Gasteiger partial charge in [0.2, 0.25) is 5.89 Å². The Hall–Kier alpha value is -3.31. The molecule has 1 N–H and O–H groups in total. The summed E-state index contributed by atoms with van der Waals surface area (Å²) in [4.78, 5) is 17.3. The van der Waals surface area contributed by atoms with Crippen molar-refractivity contribution in [3.05, 3.63) is 76.8 Å². The number of carbonyl (C=O) groups excluding carboxylic acids is 1. The Balaban J connectivity index is 1.68. The van der Waals surface area contributed by atoms with Crippen LogP contribution in [0.2, 0.25) is 5.02 Å². The molecule has 152 valence electrons. The van der Waals surface area contributed by atoms with Crippen molar-refractivity contribution in [1.82, 2.24) is 4.98 Å². The largest absolute Gasteiger partial charge is 0.495 e. The summed E-state index contributed by atoms with van der Waals surface area (Å²) < 4.78 is 11.3. The Morgan fingerprint density at radius 1 is 1.10 bits per heavy atom. The molecule has 0 bridgehead atoms. The van der Waals surface area contributed by atoms with Crippen LogP contribution in [0.5, 0.6) is 5.75 Å². The predicted octanol–water partition coefficient (Wildman–Crippen LogP) is 6.53. The van der Waals surface area contributed by atoms with Gasteiger partial charge in [-0.1, -0.05) is 37.6 Å². The van der Waals surface area contributed by atoms with Crippen LogP contribution in [0.1, 0.15) is 35.7 Å². The van der Waals surface area contributed by atoms with Crippen LogP contribution in [0.4, 0.5) is 5.69 Å². The molecule has 0 atom stereocenters. The van der Waals surface area contributed by atoms with Gasteiger partial charge in [0.15, 0.2) is 5.58 Å². The van der Waals surface area contributed by atoms with E-state index in [4.69, 9.17) is 20.8 Å². The lowest BCUT2D eigenvalue weighted by Crippen LogP contribution is -2.12. The van der Waals surface area contributed by atoms with E-state index in [1.807, 2.05) is 24.3 Å². The number of hydrogen-bond acceptors (Lipinski definition) is 4. The number of fused-ring (bicyclic) bond motifs is 1. The van der Waals surface area contributed by atoms with Crippen molar-refractivity contribution in [3.63, 3.8) is 0 Å². The lowest BCUT2D eigenvalue weighted by Gasteiger charge is -2.11. The first-order chi connectivity index (χ1) is 14.4. The van der Waals surface area contributed by atoms with E-state index in [9.17, 15) is 4.79 Å². The molecule has 0 radical (unpaired) electrons. The number of nitrogens with zero attached hydrogens (tertiary/aromatic N) is 1. The third kappa shape index (κ3) is 4.02. The minimum Gasteiger partial charge on any atom is -0.495 e. The Morgan fingerprint density at radius 3 is 2.67 bits per heavy atom. The second kappa shape index (κ2) is 8.20. The molecule has 0 aliphatic rings. The zero-order valence-corrected chi connectivity index (χ0v) is 17.7. The highest BCUT2D eigenvalue weighted by atomic mass is 35.5. The summed E-state index contributed by atoms with van der Waals surface area (Å²) in [5.41, 5.74) is 4.43. The number of carbonyl (C=O) groups is 1. The van der Waals surface area contributed by atoms with Crippen molar-refractivity contribution in [2.24, 2.45) is 0 Å². The van der Waals surface area contributed by atoms with Gasteiger partial charge in [0.1, 0.15) is 11.3 Å². The second-order valence-corrected chi connectivity index (χ2v) is 7.72. The number of ether oxygens (including phenoxy) is 1. The van der Waals surface area contributed by atoms with Crippen LogP contribution in [-0.2, 0) is 0 Å². The molecule has 4 aromatic rings. The molecule has 0 spiro atoms. The number of anilines is 1. The van der Waals surface area contributed by atoms with Crippen LogP contribution in [0.25, 0.3) is 22.6 Å². The fraction of sp³-hybridized carbons (Fsp3) is 0.167. The minimum absolute atomic E-state index is 0.285. The Morgan fingerprint density at radius 2 is 1.93 bits per heavy atom. The lowest BCUT2D eigenvalue weighted by molar-refractivity contribution is 0.102. The van der Waals surface area contributed by atoms with Gasteiger partial charge in [-0.25, -0.2) is 4.98 Å². The summed E-state index contributed by atoms with van der Waals surface area (Å²) in [5, 5.41) is 3.38. The maximum absolute atomic E-state index is 12.7. The van der Waals surface area contributed by atoms with E-state index in [1.165, 1.54) is 5.56 Å². The van der Waals surface area contributed by atoms with Gasteiger partial charge in [0.25, 0.3) is 5.91 Å². The molecule has 0 aliphatic carbocycles. The number of aromatic nitrogens is 1. The summed E-state index contributed by atoms with van der Waals surface area (Å²) in [6.07, 6.45) is 0. The van der Waals surface area contributed by atoms with Crippen molar-refractivity contribution >= 4 is 34.3 Å². The molecule has 0 aliphatic heterocycles. The highest BCUT2D eigenvalue weighted by Crippen LogP contribution is 2.33. The first-order valence-corrected chi connectivity index (χ1v) is 9.98. The van der Waals surface area contributed by atoms with Crippen LogP contribution in [0, 0.1) is 0 Å². The zero-order valence-electron chi connectivity index (χ0n) is 16.9. The number of hydrogen-bond donors (Lipinski definition) is 1. The molecular weight excluding hydrogens is 400 g/mol. The Labute approximate surface area is 179 Å². The molecule has 1 heterocycles. The lowest BCUT2D eigenvalue weighted by atomic mass is 10.0. The van der Waals surface area contributed by atoms with Crippen LogP contribution in [0.15, 0.2) is 65.1 Å². The molecule has 3 aromatic carbocycles. The molecule has 1 amide bonds. The van der Waals surface area contributed by atoms with Crippen molar-refractivity contribution in [2.45, 2.75) is 19.8 Å². The molecular formula is C24H21ClN2O3. The van der Waals surface area contributed by atoms with Gasteiger partial charge in [0, 0.05) is 16.1 Å². The fourth-order valence-electron chi connectivity index (χ4n) is 3.19. The van der Waals surface area contributed by atoms with Crippen molar-refractivity contribution in [3.8, 4) is 17.2 Å². The van der Waals surface area contributed by atoms with Gasteiger partial charge >= 0.3 is 0 Å². The molecule has 0 saturated carbocycles. The number of benzene rings is 3. The standard InChI is InChI=1S/C24H21ClN2O3/c1-14(2)15-7-10-22-20(12-15)27-24(30-22)17-8-9-21(29-3)19(13-17)26-23(28)16-5-4-6-18(25)11-16/h4-14H,1-3H3,(H,26,28). The number of oxazole rings is 1. The highest BCUT2D eigenvalue weighted by molar-refractivity contribution is 6.31. The van der Waals surface area contributed by atoms with Crippen LogP contribution in [0.3, 0.4) is 0 Å². The highest BCUT2D eigenvalue weighted by Gasteiger charge is 2.15. The molecule has 0 saturated heterocycles. The van der Waals surface area contributed by atoms with Gasteiger partial charge in [-0.2, -0.15) is 0 Å². The monoisotopic (exact) mass is 420 g/mol. The van der Waals surface area contributed by atoms with E-state index < -0.39 is 0 Å². The molecule has 1 aromatic heterocycles. The van der Waals surface area contributed by atoms with Gasteiger partial charge in [-0.15, -0.1) is 0 Å². The average molecular weight is 421 g/mol. The summed E-state index contributed by atoms with van der Waals surface area (Å²) in [5.74, 6) is 1.13. The van der Waals surface area contributed by atoms with Crippen molar-refractivity contribution in [2.75, 3.05) is 12.4 Å². The fourth-order valence-corrected chi connectivity index (χ4v) is 3.38. The summed E-state index contributed by atoms with van der Waals surface area (Å²) in [6, 6.07) is 18.2.